The van der Waals surface area contributed by atoms with Crippen LogP contribution in [0.15, 0.2) is 53.9 Å². The summed E-state index contributed by atoms with van der Waals surface area (Å²) in [7, 11) is 0. The first-order valence-corrected chi connectivity index (χ1v) is 10.3. The lowest BCUT2D eigenvalue weighted by molar-refractivity contribution is -0.116. The minimum absolute atomic E-state index is 0.0485. The summed E-state index contributed by atoms with van der Waals surface area (Å²) in [5.41, 5.74) is 4.17. The molecule has 0 aliphatic carbocycles. The van der Waals surface area contributed by atoms with Crippen LogP contribution in [0.2, 0.25) is 5.02 Å². The quantitative estimate of drug-likeness (QED) is 0.546. The van der Waals surface area contributed by atoms with Crippen molar-refractivity contribution >= 4 is 34.5 Å². The van der Waals surface area contributed by atoms with Gasteiger partial charge in [0.15, 0.2) is 0 Å². The van der Waals surface area contributed by atoms with Gasteiger partial charge in [0.2, 0.25) is 5.91 Å². The number of benzene rings is 2. The van der Waals surface area contributed by atoms with Gasteiger partial charge >= 0.3 is 0 Å². The third-order valence-corrected chi connectivity index (χ3v) is 6.05. The molecular formula is C22H20ClNO2S. The van der Waals surface area contributed by atoms with Gasteiger partial charge in [0.25, 0.3) is 0 Å². The van der Waals surface area contributed by atoms with Crippen molar-refractivity contribution in [3.63, 3.8) is 0 Å². The molecule has 0 fully saturated rings. The van der Waals surface area contributed by atoms with Crippen molar-refractivity contribution in [2.24, 2.45) is 0 Å². The smallest absolute Gasteiger partial charge is 0.225 e. The van der Waals surface area contributed by atoms with Crippen molar-refractivity contribution in [2.45, 2.75) is 25.7 Å². The van der Waals surface area contributed by atoms with Gasteiger partial charge in [-0.3, -0.25) is 4.79 Å². The third kappa shape index (κ3) is 3.73. The van der Waals surface area contributed by atoms with Crippen LogP contribution >= 0.6 is 22.9 Å². The van der Waals surface area contributed by atoms with Gasteiger partial charge in [-0.05, 0) is 41.8 Å². The number of nitrogens with one attached hydrogen (secondary N) is 1. The minimum Gasteiger partial charge on any atom is -0.494 e. The molecule has 0 spiro atoms. The molecule has 1 aliphatic rings. The van der Waals surface area contributed by atoms with Crippen LogP contribution in [0.1, 0.15) is 36.1 Å². The predicted molar refractivity (Wildman–Crippen MR) is 112 cm³/mol. The Bertz CT molecular complexity index is 947. The van der Waals surface area contributed by atoms with Gasteiger partial charge in [0.1, 0.15) is 5.75 Å². The molecule has 2 heterocycles. The van der Waals surface area contributed by atoms with Crippen LogP contribution in [0.25, 0.3) is 11.1 Å². The molecule has 0 saturated carbocycles. The Morgan fingerprint density at radius 3 is 2.59 bits per heavy atom. The molecule has 1 aromatic heterocycles. The number of carbonyl (C=O) groups excluding carboxylic acids is 1. The van der Waals surface area contributed by atoms with Crippen LogP contribution in [-0.4, -0.2) is 12.5 Å². The number of fused-ring (bicyclic) bond motifs is 1. The number of carbonyl (C=O) groups is 1. The van der Waals surface area contributed by atoms with Crippen molar-refractivity contribution < 1.29 is 9.53 Å². The van der Waals surface area contributed by atoms with E-state index in [9.17, 15) is 4.79 Å². The second-order valence-electron chi connectivity index (χ2n) is 6.62. The van der Waals surface area contributed by atoms with E-state index in [4.69, 9.17) is 16.3 Å². The zero-order valence-corrected chi connectivity index (χ0v) is 16.6. The summed E-state index contributed by atoms with van der Waals surface area (Å²) >= 11 is 7.71. The van der Waals surface area contributed by atoms with Gasteiger partial charge in [0, 0.05) is 33.2 Å². The first-order chi connectivity index (χ1) is 13.2. The number of hydrogen-bond acceptors (Lipinski definition) is 3. The standard InChI is InChI=1S/C22H20ClNO2S/c1-2-11-26-17-9-5-14(6-10-17)18-12-20(25)24-21-19(13-27-22(18)21)15-3-7-16(23)8-4-15/h3-10,13,18H,2,11-12H2,1H3,(H,24,25). The number of anilines is 1. The fourth-order valence-electron chi connectivity index (χ4n) is 3.35. The first-order valence-electron chi connectivity index (χ1n) is 9.05. The van der Waals surface area contributed by atoms with Crippen molar-refractivity contribution in [3.05, 3.63) is 69.4 Å². The predicted octanol–water partition coefficient (Wildman–Crippen LogP) is 6.33. The van der Waals surface area contributed by atoms with E-state index in [1.807, 2.05) is 36.4 Å². The zero-order chi connectivity index (χ0) is 18.8. The number of ether oxygens (including phenoxy) is 1. The average molecular weight is 398 g/mol. The number of halogens is 1. The van der Waals surface area contributed by atoms with Gasteiger partial charge in [-0.1, -0.05) is 42.8 Å². The first kappa shape index (κ1) is 18.1. The molecule has 1 N–H and O–H groups in total. The summed E-state index contributed by atoms with van der Waals surface area (Å²) in [6, 6.07) is 15.8. The van der Waals surface area contributed by atoms with E-state index in [-0.39, 0.29) is 11.8 Å². The maximum Gasteiger partial charge on any atom is 0.225 e. The second kappa shape index (κ2) is 7.75. The minimum atomic E-state index is 0.0485. The van der Waals surface area contributed by atoms with E-state index in [1.54, 1.807) is 11.3 Å². The molecule has 3 nitrogen and oxygen atoms in total. The monoisotopic (exact) mass is 397 g/mol. The maximum atomic E-state index is 12.4. The third-order valence-electron chi connectivity index (χ3n) is 4.70. The fraction of sp³-hybridized carbons (Fsp3) is 0.227. The summed E-state index contributed by atoms with van der Waals surface area (Å²) in [5, 5.41) is 5.89. The largest absolute Gasteiger partial charge is 0.494 e. The molecule has 0 saturated heterocycles. The summed E-state index contributed by atoms with van der Waals surface area (Å²) in [4.78, 5) is 13.6. The van der Waals surface area contributed by atoms with Crippen LogP contribution in [0.5, 0.6) is 5.75 Å². The van der Waals surface area contributed by atoms with Gasteiger partial charge < -0.3 is 10.1 Å². The molecule has 3 aromatic rings. The summed E-state index contributed by atoms with van der Waals surface area (Å²) in [5.74, 6) is 0.988. The molecule has 0 radical (unpaired) electrons. The summed E-state index contributed by atoms with van der Waals surface area (Å²) in [6.07, 6.45) is 1.44. The summed E-state index contributed by atoms with van der Waals surface area (Å²) < 4.78 is 5.67. The molecule has 4 rings (SSSR count). The molecule has 138 valence electrons. The SMILES string of the molecule is CCCOc1ccc(C2CC(=O)Nc3c(-c4ccc(Cl)cc4)csc32)cc1. The van der Waals surface area contributed by atoms with Gasteiger partial charge in [-0.15, -0.1) is 11.3 Å². The number of thiophene rings is 1. The fourth-order valence-corrected chi connectivity index (χ4v) is 4.64. The second-order valence-corrected chi connectivity index (χ2v) is 7.97. The lowest BCUT2D eigenvalue weighted by Gasteiger charge is -2.24. The zero-order valence-electron chi connectivity index (χ0n) is 15.0. The average Bonchev–Trinajstić information content (AvgIpc) is 3.10. The van der Waals surface area contributed by atoms with Gasteiger partial charge in [-0.2, -0.15) is 0 Å². The van der Waals surface area contributed by atoms with E-state index in [2.05, 4.69) is 29.8 Å². The van der Waals surface area contributed by atoms with Crippen LogP contribution in [0, 0.1) is 0 Å². The maximum absolute atomic E-state index is 12.4. The van der Waals surface area contributed by atoms with Crippen molar-refractivity contribution in [1.29, 1.82) is 0 Å². The lowest BCUT2D eigenvalue weighted by atomic mass is 9.89. The Morgan fingerprint density at radius 2 is 1.89 bits per heavy atom. The van der Waals surface area contributed by atoms with E-state index in [0.717, 1.165) is 34.5 Å². The van der Waals surface area contributed by atoms with Crippen molar-refractivity contribution in [3.8, 4) is 16.9 Å². The van der Waals surface area contributed by atoms with Crippen molar-refractivity contribution in [2.75, 3.05) is 11.9 Å². The Morgan fingerprint density at radius 1 is 1.15 bits per heavy atom. The molecule has 0 bridgehead atoms. The summed E-state index contributed by atoms with van der Waals surface area (Å²) in [6.45, 7) is 2.80. The van der Waals surface area contributed by atoms with Crippen LogP contribution in [-0.2, 0) is 4.79 Å². The Balaban J connectivity index is 1.67. The highest BCUT2D eigenvalue weighted by Gasteiger charge is 2.30. The van der Waals surface area contributed by atoms with Crippen LogP contribution < -0.4 is 10.1 Å². The molecule has 2 aromatic carbocycles. The number of rotatable bonds is 5. The van der Waals surface area contributed by atoms with Crippen LogP contribution in [0.4, 0.5) is 5.69 Å². The Kier molecular flexibility index (Phi) is 5.19. The Labute approximate surface area is 167 Å². The molecular weight excluding hydrogens is 378 g/mol. The molecule has 5 heteroatoms. The van der Waals surface area contributed by atoms with Crippen LogP contribution in [0.3, 0.4) is 0 Å². The molecule has 1 unspecified atom stereocenters. The highest BCUT2D eigenvalue weighted by Crippen LogP contribution is 2.46. The molecule has 1 aliphatic heterocycles. The van der Waals surface area contributed by atoms with E-state index in [1.165, 1.54) is 4.88 Å². The van der Waals surface area contributed by atoms with E-state index in [0.29, 0.717) is 18.1 Å². The highest BCUT2D eigenvalue weighted by molar-refractivity contribution is 7.11. The molecule has 1 amide bonds. The normalized spacial score (nSPS) is 15.9. The Hall–Kier alpha value is -2.30. The highest BCUT2D eigenvalue weighted by atomic mass is 35.5. The molecule has 1 atom stereocenters. The lowest BCUT2D eigenvalue weighted by Crippen LogP contribution is -2.22. The topological polar surface area (TPSA) is 38.3 Å². The number of amides is 1. The van der Waals surface area contributed by atoms with Gasteiger partial charge in [-0.25, -0.2) is 0 Å². The molecule has 27 heavy (non-hydrogen) atoms. The van der Waals surface area contributed by atoms with Crippen molar-refractivity contribution in [1.82, 2.24) is 0 Å². The number of hydrogen-bond donors (Lipinski definition) is 1. The van der Waals surface area contributed by atoms with Gasteiger partial charge in [0.05, 0.1) is 12.3 Å². The van der Waals surface area contributed by atoms with E-state index < -0.39 is 0 Å². The van der Waals surface area contributed by atoms with E-state index >= 15 is 0 Å².